The lowest BCUT2D eigenvalue weighted by molar-refractivity contribution is 0.305. The predicted octanol–water partition coefficient (Wildman–Crippen LogP) is 1.95. The second kappa shape index (κ2) is 2.14. The monoisotopic (exact) mass is 163 g/mol. The summed E-state index contributed by atoms with van der Waals surface area (Å²) in [5.74, 6) is 2.83. The maximum Gasteiger partial charge on any atom is 0.0213 e. The van der Waals surface area contributed by atoms with E-state index >= 15 is 0 Å². The van der Waals surface area contributed by atoms with Crippen molar-refractivity contribution in [3.8, 4) is 0 Å². The van der Waals surface area contributed by atoms with Gasteiger partial charge in [0.1, 0.15) is 0 Å². The fraction of sp³-hybridized carbons (Fsp3) is 0.818. The second-order valence-corrected chi connectivity index (χ2v) is 4.79. The van der Waals surface area contributed by atoms with Crippen molar-refractivity contribution in [3.63, 3.8) is 0 Å². The van der Waals surface area contributed by atoms with E-state index in [0.29, 0.717) is 5.54 Å². The molecule has 3 unspecified atom stereocenters. The van der Waals surface area contributed by atoms with Crippen molar-refractivity contribution in [1.82, 2.24) is 5.32 Å². The number of allylic oxidation sites excluding steroid dienone is 2. The molecule has 3 atom stereocenters. The Kier molecular flexibility index (Phi) is 1.27. The fourth-order valence-electron chi connectivity index (χ4n) is 3.36. The van der Waals surface area contributed by atoms with Gasteiger partial charge in [0.25, 0.3) is 0 Å². The molecule has 3 aliphatic rings. The summed E-state index contributed by atoms with van der Waals surface area (Å²) in [7, 11) is 2.14. The first-order chi connectivity index (χ1) is 5.84. The SMILES string of the molecule is CNC1(C2CC3C=CC2C3)CC1. The minimum absolute atomic E-state index is 0.574. The van der Waals surface area contributed by atoms with E-state index in [-0.39, 0.29) is 0 Å². The summed E-state index contributed by atoms with van der Waals surface area (Å²) in [6.07, 6.45) is 10.7. The van der Waals surface area contributed by atoms with Crippen LogP contribution in [0.2, 0.25) is 0 Å². The first-order valence-electron chi connectivity index (χ1n) is 5.21. The Morgan fingerprint density at radius 3 is 2.50 bits per heavy atom. The lowest BCUT2D eigenvalue weighted by Gasteiger charge is -2.28. The summed E-state index contributed by atoms with van der Waals surface area (Å²) in [6.45, 7) is 0. The molecule has 0 amide bonds. The summed E-state index contributed by atoms with van der Waals surface area (Å²) in [5, 5.41) is 3.55. The van der Waals surface area contributed by atoms with Gasteiger partial charge in [0.05, 0.1) is 0 Å². The van der Waals surface area contributed by atoms with Crippen molar-refractivity contribution in [1.29, 1.82) is 0 Å². The third-order valence-corrected chi connectivity index (χ3v) is 4.28. The Bertz CT molecular complexity index is 227. The van der Waals surface area contributed by atoms with Crippen LogP contribution in [-0.2, 0) is 0 Å². The molecule has 1 nitrogen and oxygen atoms in total. The highest BCUT2D eigenvalue weighted by Crippen LogP contribution is 2.55. The summed E-state index contributed by atoms with van der Waals surface area (Å²) >= 11 is 0. The molecule has 66 valence electrons. The van der Waals surface area contributed by atoms with Crippen LogP contribution in [0.25, 0.3) is 0 Å². The smallest absolute Gasteiger partial charge is 0.0213 e. The molecule has 0 spiro atoms. The Balaban J connectivity index is 1.83. The van der Waals surface area contributed by atoms with Gasteiger partial charge in [-0.15, -0.1) is 0 Å². The van der Waals surface area contributed by atoms with Gasteiger partial charge in [0.15, 0.2) is 0 Å². The van der Waals surface area contributed by atoms with Crippen molar-refractivity contribution in [3.05, 3.63) is 12.2 Å². The lowest BCUT2D eigenvalue weighted by Crippen LogP contribution is -2.38. The van der Waals surface area contributed by atoms with E-state index in [1.54, 1.807) is 0 Å². The molecule has 0 radical (unpaired) electrons. The maximum atomic E-state index is 3.55. The van der Waals surface area contributed by atoms with Crippen LogP contribution in [0, 0.1) is 17.8 Å². The van der Waals surface area contributed by atoms with Crippen LogP contribution in [0.1, 0.15) is 25.7 Å². The normalized spacial score (nSPS) is 46.9. The molecular formula is C11H17N. The largest absolute Gasteiger partial charge is 0.314 e. The van der Waals surface area contributed by atoms with Crippen LogP contribution >= 0.6 is 0 Å². The van der Waals surface area contributed by atoms with Gasteiger partial charge in [0, 0.05) is 5.54 Å². The summed E-state index contributed by atoms with van der Waals surface area (Å²) in [5.41, 5.74) is 0.574. The summed E-state index contributed by atoms with van der Waals surface area (Å²) in [6, 6.07) is 0. The van der Waals surface area contributed by atoms with Gasteiger partial charge in [-0.05, 0) is 50.5 Å². The molecule has 0 saturated heterocycles. The first kappa shape index (κ1) is 7.14. The average Bonchev–Trinajstić information content (AvgIpc) is 2.62. The molecule has 12 heavy (non-hydrogen) atoms. The maximum absolute atomic E-state index is 3.55. The highest BCUT2D eigenvalue weighted by Gasteiger charge is 2.54. The molecule has 0 aromatic carbocycles. The zero-order valence-electron chi connectivity index (χ0n) is 7.72. The summed E-state index contributed by atoms with van der Waals surface area (Å²) in [4.78, 5) is 0. The highest BCUT2D eigenvalue weighted by atomic mass is 15.0. The third kappa shape index (κ3) is 0.779. The van der Waals surface area contributed by atoms with Crippen LogP contribution in [-0.4, -0.2) is 12.6 Å². The van der Waals surface area contributed by atoms with Crippen LogP contribution in [0.3, 0.4) is 0 Å². The molecule has 0 aromatic rings. The van der Waals surface area contributed by atoms with Gasteiger partial charge < -0.3 is 5.32 Å². The molecule has 2 fully saturated rings. The number of nitrogens with one attached hydrogen (secondary N) is 1. The third-order valence-electron chi connectivity index (χ3n) is 4.28. The van der Waals surface area contributed by atoms with Gasteiger partial charge in [-0.2, -0.15) is 0 Å². The molecule has 0 aromatic heterocycles. The standard InChI is InChI=1S/C11H17N/c1-12-11(4-5-11)10-7-8-2-3-9(10)6-8/h2-3,8-10,12H,4-7H2,1H3. The van der Waals surface area contributed by atoms with Crippen LogP contribution in [0.4, 0.5) is 0 Å². The minimum atomic E-state index is 0.574. The summed E-state index contributed by atoms with van der Waals surface area (Å²) < 4.78 is 0. The Morgan fingerprint density at radius 2 is 2.08 bits per heavy atom. The van der Waals surface area contributed by atoms with E-state index < -0.39 is 0 Å². The van der Waals surface area contributed by atoms with E-state index in [1.165, 1.54) is 25.7 Å². The fourth-order valence-corrected chi connectivity index (χ4v) is 3.36. The molecule has 2 saturated carbocycles. The minimum Gasteiger partial charge on any atom is -0.314 e. The van der Waals surface area contributed by atoms with E-state index in [4.69, 9.17) is 0 Å². The molecule has 1 heteroatoms. The zero-order valence-corrected chi connectivity index (χ0v) is 7.72. The van der Waals surface area contributed by atoms with Gasteiger partial charge in [-0.1, -0.05) is 12.2 Å². The van der Waals surface area contributed by atoms with Crippen LogP contribution in [0.15, 0.2) is 12.2 Å². The molecular weight excluding hydrogens is 146 g/mol. The number of rotatable bonds is 2. The molecule has 3 rings (SSSR count). The first-order valence-corrected chi connectivity index (χ1v) is 5.21. The predicted molar refractivity (Wildman–Crippen MR) is 49.9 cm³/mol. The number of hydrogen-bond donors (Lipinski definition) is 1. The van der Waals surface area contributed by atoms with Crippen LogP contribution in [0.5, 0.6) is 0 Å². The Morgan fingerprint density at radius 1 is 1.25 bits per heavy atom. The van der Waals surface area contributed by atoms with Gasteiger partial charge in [-0.3, -0.25) is 0 Å². The van der Waals surface area contributed by atoms with Crippen molar-refractivity contribution in [2.24, 2.45) is 17.8 Å². The van der Waals surface area contributed by atoms with Crippen molar-refractivity contribution < 1.29 is 0 Å². The average molecular weight is 163 g/mol. The van der Waals surface area contributed by atoms with Crippen molar-refractivity contribution in [2.75, 3.05) is 7.05 Å². The molecule has 0 heterocycles. The Labute approximate surface area is 74.2 Å². The molecule has 2 bridgehead atoms. The quantitative estimate of drug-likeness (QED) is 0.613. The topological polar surface area (TPSA) is 12.0 Å². The van der Waals surface area contributed by atoms with Crippen LogP contribution < -0.4 is 5.32 Å². The Hall–Kier alpha value is -0.300. The van der Waals surface area contributed by atoms with E-state index in [9.17, 15) is 0 Å². The molecule has 1 N–H and O–H groups in total. The van der Waals surface area contributed by atoms with Gasteiger partial charge in [-0.25, -0.2) is 0 Å². The van der Waals surface area contributed by atoms with Crippen molar-refractivity contribution in [2.45, 2.75) is 31.2 Å². The van der Waals surface area contributed by atoms with E-state index in [1.807, 2.05) is 0 Å². The number of fused-ring (bicyclic) bond motifs is 2. The van der Waals surface area contributed by atoms with E-state index in [0.717, 1.165) is 17.8 Å². The highest BCUT2D eigenvalue weighted by molar-refractivity contribution is 5.19. The molecule has 3 aliphatic carbocycles. The van der Waals surface area contributed by atoms with Gasteiger partial charge >= 0.3 is 0 Å². The number of hydrogen-bond acceptors (Lipinski definition) is 1. The van der Waals surface area contributed by atoms with Crippen molar-refractivity contribution >= 4 is 0 Å². The van der Waals surface area contributed by atoms with Gasteiger partial charge in [0.2, 0.25) is 0 Å². The zero-order chi connectivity index (χ0) is 8.18. The second-order valence-electron chi connectivity index (χ2n) is 4.79. The van der Waals surface area contributed by atoms with E-state index in [2.05, 4.69) is 24.5 Å². The lowest BCUT2D eigenvalue weighted by atomic mass is 9.85. The molecule has 0 aliphatic heterocycles.